The second-order valence-corrected chi connectivity index (χ2v) is 10.2. The molecular formula is C28H29F6N3O3. The van der Waals surface area contributed by atoms with Crippen molar-refractivity contribution in [1.82, 2.24) is 14.8 Å². The van der Waals surface area contributed by atoms with Crippen LogP contribution in [0.2, 0.25) is 0 Å². The lowest BCUT2D eigenvalue weighted by molar-refractivity contribution is -0.398. The van der Waals surface area contributed by atoms with Gasteiger partial charge in [-0.15, -0.1) is 0 Å². The molecular weight excluding hydrogens is 540 g/mol. The van der Waals surface area contributed by atoms with E-state index >= 15 is 0 Å². The SMILES string of the molecule is O=C(O)C[C@H]1CN(CC2(C(O)(C(F)(F)F)C(F)(F)F)C=CC(c3ccccc3)=CC2)CCN1Cc1ccncc1. The Morgan fingerprint density at radius 2 is 1.65 bits per heavy atom. The predicted molar refractivity (Wildman–Crippen MR) is 135 cm³/mol. The first-order valence-electron chi connectivity index (χ1n) is 12.6. The second kappa shape index (κ2) is 11.3. The van der Waals surface area contributed by atoms with Crippen molar-refractivity contribution >= 4 is 11.5 Å². The lowest BCUT2D eigenvalue weighted by Gasteiger charge is -2.51. The molecule has 1 aliphatic carbocycles. The van der Waals surface area contributed by atoms with Gasteiger partial charge < -0.3 is 10.2 Å². The van der Waals surface area contributed by atoms with Crippen molar-refractivity contribution in [2.45, 2.75) is 43.4 Å². The zero-order valence-corrected chi connectivity index (χ0v) is 21.4. The van der Waals surface area contributed by atoms with Crippen LogP contribution in [0.15, 0.2) is 73.1 Å². The Kier molecular flexibility index (Phi) is 8.44. The summed E-state index contributed by atoms with van der Waals surface area (Å²) in [5, 5.41) is 20.1. The number of rotatable bonds is 8. The summed E-state index contributed by atoms with van der Waals surface area (Å²) >= 11 is 0. The molecule has 2 aliphatic rings. The fraction of sp³-hybridized carbons (Fsp3) is 0.429. The number of aliphatic hydroxyl groups is 1. The molecule has 1 aliphatic heterocycles. The number of carboxylic acids is 1. The Labute approximate surface area is 227 Å². The van der Waals surface area contributed by atoms with Crippen LogP contribution in [0.5, 0.6) is 0 Å². The Balaban J connectivity index is 1.66. The average molecular weight is 570 g/mol. The molecule has 4 rings (SSSR count). The predicted octanol–water partition coefficient (Wildman–Crippen LogP) is 4.93. The number of aliphatic carboxylic acids is 1. The lowest BCUT2D eigenvalue weighted by Crippen LogP contribution is -2.70. The third-order valence-electron chi connectivity index (χ3n) is 7.66. The molecule has 2 N–H and O–H groups in total. The van der Waals surface area contributed by atoms with Gasteiger partial charge in [0.25, 0.3) is 5.60 Å². The van der Waals surface area contributed by atoms with Gasteiger partial charge >= 0.3 is 18.3 Å². The van der Waals surface area contributed by atoms with Gasteiger partial charge in [-0.2, -0.15) is 26.3 Å². The van der Waals surface area contributed by atoms with Crippen molar-refractivity contribution in [2.75, 3.05) is 26.2 Å². The first kappa shape index (κ1) is 29.8. The topological polar surface area (TPSA) is 76.9 Å². The number of benzene rings is 1. The number of halogens is 6. The number of aromatic nitrogens is 1. The highest BCUT2D eigenvalue weighted by atomic mass is 19.4. The van der Waals surface area contributed by atoms with E-state index in [9.17, 15) is 41.4 Å². The van der Waals surface area contributed by atoms with E-state index in [-0.39, 0.29) is 26.1 Å². The number of piperazine rings is 1. The van der Waals surface area contributed by atoms with Gasteiger partial charge in [0.05, 0.1) is 11.8 Å². The van der Waals surface area contributed by atoms with Crippen LogP contribution in [0, 0.1) is 5.41 Å². The van der Waals surface area contributed by atoms with Crippen LogP contribution >= 0.6 is 0 Å². The van der Waals surface area contributed by atoms with E-state index in [1.54, 1.807) is 54.9 Å². The van der Waals surface area contributed by atoms with Gasteiger partial charge in [0.15, 0.2) is 0 Å². The van der Waals surface area contributed by atoms with E-state index in [0.29, 0.717) is 17.7 Å². The van der Waals surface area contributed by atoms with Crippen LogP contribution in [0.3, 0.4) is 0 Å². The normalized spacial score (nSPS) is 23.2. The van der Waals surface area contributed by atoms with Gasteiger partial charge in [0.1, 0.15) is 0 Å². The van der Waals surface area contributed by atoms with Gasteiger partial charge in [-0.05, 0) is 35.3 Å². The van der Waals surface area contributed by atoms with E-state index in [4.69, 9.17) is 0 Å². The fourth-order valence-electron chi connectivity index (χ4n) is 5.57. The average Bonchev–Trinajstić information content (AvgIpc) is 2.89. The standard InChI is InChI=1S/C28H29F6N3O3/c29-27(30,31)26(40,28(32,33)34)25(10-6-22(7-11-25)21-4-2-1-3-5-21)19-36-14-15-37(23(18-36)16-24(38)39)17-20-8-12-35-13-9-20/h1-10,12-13,23,40H,11,14-19H2,(H,38,39)/t23-,25?/m0/s1. The van der Waals surface area contributed by atoms with Crippen LogP contribution in [0.1, 0.15) is 24.0 Å². The fourth-order valence-corrected chi connectivity index (χ4v) is 5.57. The number of allylic oxidation sites excluding steroid dienone is 3. The Morgan fingerprint density at radius 3 is 2.20 bits per heavy atom. The molecule has 216 valence electrons. The monoisotopic (exact) mass is 569 g/mol. The molecule has 2 heterocycles. The van der Waals surface area contributed by atoms with Gasteiger partial charge in [-0.3, -0.25) is 19.6 Å². The Morgan fingerprint density at radius 1 is 1.00 bits per heavy atom. The molecule has 2 atom stereocenters. The van der Waals surface area contributed by atoms with Crippen molar-refractivity contribution in [3.8, 4) is 0 Å². The summed E-state index contributed by atoms with van der Waals surface area (Å²) in [7, 11) is 0. The van der Waals surface area contributed by atoms with E-state index in [0.717, 1.165) is 11.6 Å². The van der Waals surface area contributed by atoms with Gasteiger partial charge in [0.2, 0.25) is 0 Å². The first-order valence-corrected chi connectivity index (χ1v) is 12.6. The highest BCUT2D eigenvalue weighted by molar-refractivity contribution is 5.75. The van der Waals surface area contributed by atoms with E-state index in [1.807, 2.05) is 4.90 Å². The van der Waals surface area contributed by atoms with Crippen molar-refractivity contribution in [3.63, 3.8) is 0 Å². The lowest BCUT2D eigenvalue weighted by atomic mass is 9.65. The van der Waals surface area contributed by atoms with Gasteiger partial charge in [-0.25, -0.2) is 0 Å². The van der Waals surface area contributed by atoms with Gasteiger partial charge in [0, 0.05) is 51.2 Å². The summed E-state index contributed by atoms with van der Waals surface area (Å²) in [6.45, 7) is -0.234. The van der Waals surface area contributed by atoms with Crippen LogP contribution in [0.4, 0.5) is 26.3 Å². The van der Waals surface area contributed by atoms with Crippen molar-refractivity contribution in [2.24, 2.45) is 5.41 Å². The highest BCUT2D eigenvalue weighted by Gasteiger charge is 2.78. The maximum absolute atomic E-state index is 14.2. The number of carboxylic acid groups (broad SMARTS) is 1. The number of carbonyl (C=O) groups is 1. The molecule has 40 heavy (non-hydrogen) atoms. The smallest absolute Gasteiger partial charge is 0.427 e. The number of pyridine rings is 1. The molecule has 1 fully saturated rings. The third-order valence-corrected chi connectivity index (χ3v) is 7.66. The van der Waals surface area contributed by atoms with Crippen molar-refractivity contribution in [3.05, 3.63) is 84.2 Å². The molecule has 1 saturated heterocycles. The number of nitrogens with zero attached hydrogens (tertiary/aromatic N) is 3. The molecule has 6 nitrogen and oxygen atoms in total. The maximum Gasteiger partial charge on any atom is 0.427 e. The molecule has 1 unspecified atom stereocenters. The molecule has 0 radical (unpaired) electrons. The van der Waals surface area contributed by atoms with Crippen LogP contribution in [-0.2, 0) is 11.3 Å². The minimum absolute atomic E-state index is 0.0812. The van der Waals surface area contributed by atoms with Gasteiger partial charge in [-0.1, -0.05) is 48.6 Å². The summed E-state index contributed by atoms with van der Waals surface area (Å²) in [6.07, 6.45) is -6.70. The first-order chi connectivity index (χ1) is 18.8. The van der Waals surface area contributed by atoms with Crippen LogP contribution < -0.4 is 0 Å². The zero-order valence-electron chi connectivity index (χ0n) is 21.4. The second-order valence-electron chi connectivity index (χ2n) is 10.2. The number of hydrogen-bond donors (Lipinski definition) is 2. The van der Waals surface area contributed by atoms with Crippen molar-refractivity contribution in [1.29, 1.82) is 0 Å². The molecule has 0 saturated carbocycles. The zero-order chi connectivity index (χ0) is 29.2. The number of hydrogen-bond acceptors (Lipinski definition) is 5. The van der Waals surface area contributed by atoms with Crippen LogP contribution in [-0.4, -0.2) is 81.1 Å². The molecule has 2 aromatic rings. The molecule has 0 bridgehead atoms. The Bertz CT molecular complexity index is 1220. The Hall–Kier alpha value is -3.22. The summed E-state index contributed by atoms with van der Waals surface area (Å²) in [4.78, 5) is 18.8. The van der Waals surface area contributed by atoms with E-state index < -0.39 is 48.3 Å². The quantitative estimate of drug-likeness (QED) is 0.440. The minimum Gasteiger partial charge on any atom is -0.481 e. The summed E-state index contributed by atoms with van der Waals surface area (Å²) in [5.74, 6) is -1.14. The summed E-state index contributed by atoms with van der Waals surface area (Å²) in [5.41, 5.74) is -5.95. The van der Waals surface area contributed by atoms with E-state index in [1.165, 1.54) is 17.1 Å². The molecule has 0 amide bonds. The third kappa shape index (κ3) is 5.93. The largest absolute Gasteiger partial charge is 0.481 e. The summed E-state index contributed by atoms with van der Waals surface area (Å²) < 4.78 is 85.3. The molecule has 1 aromatic heterocycles. The van der Waals surface area contributed by atoms with Crippen LogP contribution in [0.25, 0.3) is 5.57 Å². The van der Waals surface area contributed by atoms with E-state index in [2.05, 4.69) is 4.98 Å². The van der Waals surface area contributed by atoms with Crippen molar-refractivity contribution < 1.29 is 41.4 Å². The highest BCUT2D eigenvalue weighted by Crippen LogP contribution is 2.57. The maximum atomic E-state index is 14.2. The minimum atomic E-state index is -6.03. The molecule has 12 heteroatoms. The molecule has 1 aromatic carbocycles. The number of alkyl halides is 6. The summed E-state index contributed by atoms with van der Waals surface area (Å²) in [6, 6.07) is 11.3. The molecule has 0 spiro atoms.